The Morgan fingerprint density at radius 2 is 1.75 bits per heavy atom. The number of hydrogen-bond donors (Lipinski definition) is 1. The summed E-state index contributed by atoms with van der Waals surface area (Å²) >= 11 is 3.15. The summed E-state index contributed by atoms with van der Waals surface area (Å²) in [5.74, 6) is 1.52. The van der Waals surface area contributed by atoms with Crippen LogP contribution in [0.3, 0.4) is 0 Å². The fourth-order valence-electron chi connectivity index (χ4n) is 6.53. The van der Waals surface area contributed by atoms with E-state index in [-0.39, 0.29) is 34.5 Å². The first-order chi connectivity index (χ1) is 17.2. The van der Waals surface area contributed by atoms with Crippen molar-refractivity contribution in [3.8, 4) is 0 Å². The molecule has 1 N–H and O–H groups in total. The number of amides is 1. The van der Waals surface area contributed by atoms with Crippen molar-refractivity contribution in [1.82, 2.24) is 4.57 Å². The van der Waals surface area contributed by atoms with Gasteiger partial charge in [-0.05, 0) is 77.8 Å². The van der Waals surface area contributed by atoms with Gasteiger partial charge in [0.1, 0.15) is 12.4 Å². The molecular formula is C29H31FN2O2S2. The zero-order valence-corrected chi connectivity index (χ0v) is 22.4. The van der Waals surface area contributed by atoms with Crippen molar-refractivity contribution in [1.29, 1.82) is 0 Å². The van der Waals surface area contributed by atoms with E-state index in [1.165, 1.54) is 66.0 Å². The van der Waals surface area contributed by atoms with Gasteiger partial charge >= 0.3 is 4.87 Å². The summed E-state index contributed by atoms with van der Waals surface area (Å²) in [6.07, 6.45) is 3.83. The van der Waals surface area contributed by atoms with Crippen LogP contribution in [0.4, 0.5) is 10.1 Å². The minimum atomic E-state index is -0.352. The summed E-state index contributed by atoms with van der Waals surface area (Å²) in [4.78, 5) is 27.2. The summed E-state index contributed by atoms with van der Waals surface area (Å²) < 4.78 is 14.9. The SMILES string of the molecule is CC(C)(C)c1ccc([C@H]2c3sc(=O)n(CC(=O)Nc4ccc(F)cc4)c3SC3C4CCC(C4)C32)cc1. The number of thiazole rings is 1. The van der Waals surface area contributed by atoms with Gasteiger partial charge in [-0.3, -0.25) is 14.2 Å². The smallest absolute Gasteiger partial charge is 0.308 e. The van der Waals surface area contributed by atoms with Crippen molar-refractivity contribution in [2.24, 2.45) is 17.8 Å². The predicted molar refractivity (Wildman–Crippen MR) is 145 cm³/mol. The molecule has 4 unspecified atom stereocenters. The normalized spacial score (nSPS) is 26.5. The number of rotatable bonds is 4. The van der Waals surface area contributed by atoms with Crippen molar-refractivity contribution < 1.29 is 9.18 Å². The Bertz CT molecular complexity index is 1350. The van der Waals surface area contributed by atoms with E-state index in [0.717, 1.165) is 9.90 Å². The number of aromatic nitrogens is 1. The van der Waals surface area contributed by atoms with Crippen LogP contribution in [0.2, 0.25) is 0 Å². The van der Waals surface area contributed by atoms with Crippen molar-refractivity contribution in [3.05, 3.63) is 80.0 Å². The van der Waals surface area contributed by atoms with E-state index in [9.17, 15) is 14.0 Å². The van der Waals surface area contributed by atoms with Gasteiger partial charge in [-0.15, -0.1) is 11.8 Å². The average Bonchev–Trinajstić information content (AvgIpc) is 3.53. The first-order valence-electron chi connectivity index (χ1n) is 12.7. The first kappa shape index (κ1) is 24.0. The summed E-state index contributed by atoms with van der Waals surface area (Å²) in [6.45, 7) is 6.65. The number of hydrogen-bond acceptors (Lipinski definition) is 4. The molecule has 1 amide bonds. The maximum Gasteiger partial charge on any atom is 0.308 e. The number of fused-ring (bicyclic) bond motifs is 6. The lowest BCUT2D eigenvalue weighted by atomic mass is 9.74. The Morgan fingerprint density at radius 3 is 2.44 bits per heavy atom. The number of anilines is 1. The van der Waals surface area contributed by atoms with Crippen molar-refractivity contribution in [2.75, 3.05) is 5.32 Å². The van der Waals surface area contributed by atoms with E-state index < -0.39 is 0 Å². The number of nitrogens with one attached hydrogen (secondary N) is 1. The van der Waals surface area contributed by atoms with Crippen LogP contribution in [-0.4, -0.2) is 15.7 Å². The summed E-state index contributed by atoms with van der Waals surface area (Å²) in [5, 5.41) is 4.27. The Morgan fingerprint density at radius 1 is 1.06 bits per heavy atom. The van der Waals surface area contributed by atoms with E-state index in [2.05, 4.69) is 50.4 Å². The first-order valence-corrected chi connectivity index (χ1v) is 14.4. The fourth-order valence-corrected chi connectivity index (χ4v) is 9.68. The van der Waals surface area contributed by atoms with E-state index in [1.54, 1.807) is 4.57 Å². The Kier molecular flexibility index (Phi) is 5.91. The minimum Gasteiger partial charge on any atom is -0.325 e. The topological polar surface area (TPSA) is 51.1 Å². The molecule has 2 aromatic carbocycles. The third-order valence-electron chi connectivity index (χ3n) is 8.26. The highest BCUT2D eigenvalue weighted by Gasteiger charge is 2.55. The van der Waals surface area contributed by atoms with Crippen molar-refractivity contribution >= 4 is 34.7 Å². The van der Waals surface area contributed by atoms with E-state index in [1.807, 2.05) is 11.8 Å². The largest absolute Gasteiger partial charge is 0.325 e. The molecule has 1 aliphatic heterocycles. The molecule has 0 radical (unpaired) electrons. The van der Waals surface area contributed by atoms with Crippen LogP contribution in [-0.2, 0) is 16.8 Å². The number of halogens is 1. The quantitative estimate of drug-likeness (QED) is 0.418. The lowest BCUT2D eigenvalue weighted by Crippen LogP contribution is -2.35. The molecular weight excluding hydrogens is 491 g/mol. The molecule has 5 atom stereocenters. The van der Waals surface area contributed by atoms with Gasteiger partial charge in [0.2, 0.25) is 5.91 Å². The fraction of sp³-hybridized carbons (Fsp3) is 0.448. The highest BCUT2D eigenvalue weighted by molar-refractivity contribution is 8.00. The predicted octanol–water partition coefficient (Wildman–Crippen LogP) is 6.64. The summed E-state index contributed by atoms with van der Waals surface area (Å²) in [6, 6.07) is 14.7. The number of carbonyl (C=O) groups excluding carboxylic acids is 1. The summed E-state index contributed by atoms with van der Waals surface area (Å²) in [5.41, 5.74) is 3.21. The van der Waals surface area contributed by atoms with Gasteiger partial charge in [0.15, 0.2) is 0 Å². The third kappa shape index (κ3) is 4.14. The van der Waals surface area contributed by atoms with Crippen molar-refractivity contribution in [3.63, 3.8) is 0 Å². The number of nitrogens with zero attached hydrogens (tertiary/aromatic N) is 1. The minimum absolute atomic E-state index is 0.0315. The molecule has 188 valence electrons. The maximum atomic E-state index is 13.2. The van der Waals surface area contributed by atoms with Gasteiger partial charge in [-0.2, -0.15) is 0 Å². The number of benzene rings is 2. The molecule has 3 aliphatic rings. The average molecular weight is 523 g/mol. The van der Waals surface area contributed by atoms with E-state index in [0.29, 0.717) is 28.7 Å². The van der Waals surface area contributed by atoms with Crippen LogP contribution in [0.1, 0.15) is 62.0 Å². The molecule has 0 saturated heterocycles. The van der Waals surface area contributed by atoms with Crippen LogP contribution < -0.4 is 10.2 Å². The molecule has 2 saturated carbocycles. The highest BCUT2D eigenvalue weighted by atomic mass is 32.2. The second-order valence-corrected chi connectivity index (χ2v) is 13.7. The van der Waals surface area contributed by atoms with Gasteiger partial charge in [-0.1, -0.05) is 56.4 Å². The molecule has 6 rings (SSSR count). The van der Waals surface area contributed by atoms with Gasteiger partial charge in [0.25, 0.3) is 0 Å². The monoisotopic (exact) mass is 522 g/mol. The van der Waals surface area contributed by atoms with Gasteiger partial charge in [0, 0.05) is 21.7 Å². The Balaban J connectivity index is 1.35. The van der Waals surface area contributed by atoms with Crippen LogP contribution in [0.15, 0.2) is 58.4 Å². The standard InChI is InChI=1S/C29H31FN2O2S2/c1-29(2,3)19-8-6-16(7-9-19)23-24-17-4-5-18(14-17)25(24)35-27-26(23)36-28(34)32(27)15-22(33)31-21-12-10-20(30)11-13-21/h6-13,17-18,23-25H,4-5,14-15H2,1-3H3,(H,31,33)/t17?,18?,23-,24?,25?/m1/s1. The van der Waals surface area contributed by atoms with Gasteiger partial charge in [-0.25, -0.2) is 4.39 Å². The highest BCUT2D eigenvalue weighted by Crippen LogP contribution is 2.64. The van der Waals surface area contributed by atoms with Crippen LogP contribution in [0.25, 0.3) is 0 Å². The third-order valence-corrected chi connectivity index (χ3v) is 11.1. The van der Waals surface area contributed by atoms with Crippen molar-refractivity contribution in [2.45, 2.75) is 68.2 Å². The maximum absolute atomic E-state index is 13.2. The summed E-state index contributed by atoms with van der Waals surface area (Å²) in [7, 11) is 0. The van der Waals surface area contributed by atoms with E-state index in [4.69, 9.17) is 0 Å². The molecule has 1 aromatic heterocycles. The zero-order valence-electron chi connectivity index (χ0n) is 20.8. The number of thioether (sulfide) groups is 1. The molecule has 2 heterocycles. The second-order valence-electron chi connectivity index (χ2n) is 11.5. The lowest BCUT2D eigenvalue weighted by Gasteiger charge is -2.40. The van der Waals surface area contributed by atoms with Gasteiger partial charge in [0.05, 0.1) is 5.03 Å². The van der Waals surface area contributed by atoms with Gasteiger partial charge < -0.3 is 5.32 Å². The molecule has 2 aliphatic carbocycles. The van der Waals surface area contributed by atoms with Crippen LogP contribution >= 0.6 is 23.1 Å². The Hall–Kier alpha value is -2.38. The lowest BCUT2D eigenvalue weighted by molar-refractivity contribution is -0.116. The molecule has 0 spiro atoms. The van der Waals surface area contributed by atoms with Crippen LogP contribution in [0.5, 0.6) is 0 Å². The molecule has 3 aromatic rings. The molecule has 36 heavy (non-hydrogen) atoms. The molecule has 2 fully saturated rings. The second kappa shape index (κ2) is 8.88. The van der Waals surface area contributed by atoms with Crippen LogP contribution in [0, 0.1) is 23.6 Å². The molecule has 4 nitrogen and oxygen atoms in total. The molecule has 7 heteroatoms. The number of carbonyl (C=O) groups is 1. The van der Waals surface area contributed by atoms with E-state index >= 15 is 0 Å². The molecule has 2 bridgehead atoms. The Labute approximate surface area is 219 Å². The zero-order chi connectivity index (χ0) is 25.2.